The largest absolute Gasteiger partial charge is 0.481 e. The topological polar surface area (TPSA) is 57.6 Å². The van der Waals surface area contributed by atoms with E-state index >= 15 is 0 Å². The smallest absolute Gasteiger partial charge is 0.309 e. The normalized spacial score (nSPS) is 23.2. The Hall–Kier alpha value is -1.91. The number of carbonyl (C=O) groups excluding carboxylic acids is 1. The highest BCUT2D eigenvalue weighted by molar-refractivity contribution is 5.87. The van der Waals surface area contributed by atoms with Gasteiger partial charge in [0.2, 0.25) is 5.91 Å². The van der Waals surface area contributed by atoms with Crippen LogP contribution in [0.3, 0.4) is 0 Å². The quantitative estimate of drug-likeness (QED) is 0.911. The predicted octanol–water partition coefficient (Wildman–Crippen LogP) is 2.21. The van der Waals surface area contributed by atoms with Gasteiger partial charge in [0, 0.05) is 18.0 Å². The van der Waals surface area contributed by atoms with E-state index in [-0.39, 0.29) is 23.9 Å². The molecule has 2 atom stereocenters. The lowest BCUT2D eigenvalue weighted by molar-refractivity contribution is -0.142. The van der Waals surface area contributed by atoms with Gasteiger partial charge in [-0.1, -0.05) is 18.2 Å². The van der Waals surface area contributed by atoms with Crippen LogP contribution in [0.25, 0.3) is 0 Å². The number of hydrogen-bond donors (Lipinski definition) is 1. The van der Waals surface area contributed by atoms with Crippen molar-refractivity contribution in [2.45, 2.75) is 32.4 Å². The minimum atomic E-state index is -1.07. The zero-order valence-electron chi connectivity index (χ0n) is 10.8. The molecule has 1 aromatic rings. The Bertz CT molecular complexity index is 515. The lowest BCUT2D eigenvalue weighted by atomic mass is 9.93. The first-order valence-corrected chi connectivity index (χ1v) is 6.22. The molecule has 102 valence electrons. The molecule has 1 aromatic carbocycles. The van der Waals surface area contributed by atoms with E-state index in [1.807, 2.05) is 0 Å². The first kappa shape index (κ1) is 13.5. The van der Waals surface area contributed by atoms with Gasteiger partial charge in [0.15, 0.2) is 0 Å². The lowest BCUT2D eigenvalue weighted by Gasteiger charge is -2.30. The molecule has 0 saturated carbocycles. The fourth-order valence-corrected chi connectivity index (χ4v) is 2.67. The first-order valence-electron chi connectivity index (χ1n) is 6.22. The van der Waals surface area contributed by atoms with Crippen LogP contribution in [-0.2, 0) is 9.59 Å². The number of halogens is 1. The van der Waals surface area contributed by atoms with Gasteiger partial charge in [-0.25, -0.2) is 4.39 Å². The number of aliphatic carboxylic acids is 1. The van der Waals surface area contributed by atoms with Crippen LogP contribution in [0.15, 0.2) is 24.3 Å². The van der Waals surface area contributed by atoms with Crippen molar-refractivity contribution >= 4 is 11.9 Å². The maximum atomic E-state index is 13.9. The summed E-state index contributed by atoms with van der Waals surface area (Å²) in [6.07, 6.45) is -0.0769. The lowest BCUT2D eigenvalue weighted by Crippen LogP contribution is -2.36. The van der Waals surface area contributed by atoms with Crippen molar-refractivity contribution in [2.24, 2.45) is 5.92 Å². The van der Waals surface area contributed by atoms with Gasteiger partial charge >= 0.3 is 5.97 Å². The highest BCUT2D eigenvalue weighted by Crippen LogP contribution is 2.40. The van der Waals surface area contributed by atoms with Gasteiger partial charge < -0.3 is 10.0 Å². The number of carboxylic acids is 1. The SMILES string of the molecule is CC(C)N1C(=O)CC(C(=O)O)C1c1ccccc1F. The third-order valence-electron chi connectivity index (χ3n) is 3.46. The Kier molecular flexibility index (Phi) is 3.55. The van der Waals surface area contributed by atoms with E-state index in [9.17, 15) is 19.1 Å². The molecule has 1 heterocycles. The molecule has 0 aromatic heterocycles. The molecule has 1 aliphatic rings. The van der Waals surface area contributed by atoms with E-state index in [1.54, 1.807) is 32.0 Å². The van der Waals surface area contributed by atoms with Crippen LogP contribution >= 0.6 is 0 Å². The molecule has 0 spiro atoms. The highest BCUT2D eigenvalue weighted by Gasteiger charge is 2.46. The monoisotopic (exact) mass is 265 g/mol. The maximum absolute atomic E-state index is 13.9. The van der Waals surface area contributed by atoms with Crippen molar-refractivity contribution in [1.82, 2.24) is 4.90 Å². The van der Waals surface area contributed by atoms with E-state index < -0.39 is 23.7 Å². The van der Waals surface area contributed by atoms with Crippen LogP contribution < -0.4 is 0 Å². The number of carboxylic acid groups (broad SMARTS) is 1. The molecule has 1 fully saturated rings. The molecule has 2 rings (SSSR count). The van der Waals surface area contributed by atoms with Gasteiger partial charge in [-0.15, -0.1) is 0 Å². The number of benzene rings is 1. The van der Waals surface area contributed by atoms with Gasteiger partial charge in [-0.3, -0.25) is 9.59 Å². The molecule has 1 amide bonds. The molecule has 0 bridgehead atoms. The average molecular weight is 265 g/mol. The molecule has 1 N–H and O–H groups in total. The maximum Gasteiger partial charge on any atom is 0.309 e. The van der Waals surface area contributed by atoms with E-state index in [4.69, 9.17) is 0 Å². The van der Waals surface area contributed by atoms with Crippen molar-refractivity contribution in [2.75, 3.05) is 0 Å². The summed E-state index contributed by atoms with van der Waals surface area (Å²) in [4.78, 5) is 24.7. The van der Waals surface area contributed by atoms with Crippen LogP contribution in [0, 0.1) is 11.7 Å². The molecule has 2 unspecified atom stereocenters. The van der Waals surface area contributed by atoms with Crippen molar-refractivity contribution in [3.8, 4) is 0 Å². The van der Waals surface area contributed by atoms with E-state index in [1.165, 1.54) is 11.0 Å². The zero-order valence-corrected chi connectivity index (χ0v) is 10.8. The molecule has 0 radical (unpaired) electrons. The first-order chi connectivity index (χ1) is 8.93. The van der Waals surface area contributed by atoms with Crippen LogP contribution in [-0.4, -0.2) is 27.9 Å². The van der Waals surface area contributed by atoms with Crippen LogP contribution in [0.1, 0.15) is 31.9 Å². The molecular formula is C14H16FNO3. The minimum Gasteiger partial charge on any atom is -0.481 e. The summed E-state index contributed by atoms with van der Waals surface area (Å²) in [6.45, 7) is 3.60. The zero-order chi connectivity index (χ0) is 14.2. The number of likely N-dealkylation sites (tertiary alicyclic amines) is 1. The summed E-state index contributed by atoms with van der Waals surface area (Å²) in [5, 5.41) is 9.25. The number of carbonyl (C=O) groups is 2. The Morgan fingerprint density at radius 1 is 1.42 bits per heavy atom. The summed E-state index contributed by atoms with van der Waals surface area (Å²) in [5.41, 5.74) is 0.273. The molecule has 1 saturated heterocycles. The Morgan fingerprint density at radius 3 is 2.58 bits per heavy atom. The molecule has 1 aliphatic heterocycles. The van der Waals surface area contributed by atoms with E-state index in [2.05, 4.69) is 0 Å². The highest BCUT2D eigenvalue weighted by atomic mass is 19.1. The summed E-state index contributed by atoms with van der Waals surface area (Å²) in [7, 11) is 0. The van der Waals surface area contributed by atoms with Crippen molar-refractivity contribution in [3.63, 3.8) is 0 Å². The Balaban J connectivity index is 2.50. The fourth-order valence-electron chi connectivity index (χ4n) is 2.67. The Labute approximate surface area is 110 Å². The van der Waals surface area contributed by atoms with E-state index in [0.717, 1.165) is 0 Å². The Morgan fingerprint density at radius 2 is 2.05 bits per heavy atom. The molecule has 19 heavy (non-hydrogen) atoms. The summed E-state index contributed by atoms with van der Waals surface area (Å²) >= 11 is 0. The van der Waals surface area contributed by atoms with Crippen LogP contribution in [0.5, 0.6) is 0 Å². The predicted molar refractivity (Wildman–Crippen MR) is 66.9 cm³/mol. The summed E-state index contributed by atoms with van der Waals surface area (Å²) in [6, 6.07) is 5.14. The van der Waals surface area contributed by atoms with Crippen LogP contribution in [0.4, 0.5) is 4.39 Å². The summed E-state index contributed by atoms with van der Waals surface area (Å²) in [5.74, 6) is -2.67. The molecule has 5 heteroatoms. The fraction of sp³-hybridized carbons (Fsp3) is 0.429. The van der Waals surface area contributed by atoms with Crippen molar-refractivity contribution in [1.29, 1.82) is 0 Å². The second-order valence-electron chi connectivity index (χ2n) is 5.01. The average Bonchev–Trinajstić information content (AvgIpc) is 2.67. The number of hydrogen-bond acceptors (Lipinski definition) is 2. The molecular weight excluding hydrogens is 249 g/mol. The standard InChI is InChI=1S/C14H16FNO3/c1-8(2)16-12(17)7-10(14(18)19)13(16)9-5-3-4-6-11(9)15/h3-6,8,10,13H,7H2,1-2H3,(H,18,19). The van der Waals surface area contributed by atoms with E-state index in [0.29, 0.717) is 0 Å². The third kappa shape index (κ3) is 2.32. The second-order valence-corrected chi connectivity index (χ2v) is 5.01. The number of rotatable bonds is 3. The molecule has 0 aliphatic carbocycles. The summed E-state index contributed by atoms with van der Waals surface area (Å²) < 4.78 is 13.9. The number of nitrogens with zero attached hydrogens (tertiary/aromatic N) is 1. The minimum absolute atomic E-state index is 0.0769. The van der Waals surface area contributed by atoms with Gasteiger partial charge in [-0.05, 0) is 19.9 Å². The second kappa shape index (κ2) is 4.99. The third-order valence-corrected chi connectivity index (χ3v) is 3.46. The van der Waals surface area contributed by atoms with Gasteiger partial charge in [0.05, 0.1) is 12.0 Å². The van der Waals surface area contributed by atoms with Crippen molar-refractivity contribution < 1.29 is 19.1 Å². The van der Waals surface area contributed by atoms with Gasteiger partial charge in [0.25, 0.3) is 0 Å². The van der Waals surface area contributed by atoms with Gasteiger partial charge in [-0.2, -0.15) is 0 Å². The molecule has 4 nitrogen and oxygen atoms in total. The van der Waals surface area contributed by atoms with Gasteiger partial charge in [0.1, 0.15) is 5.82 Å². The van der Waals surface area contributed by atoms with Crippen molar-refractivity contribution in [3.05, 3.63) is 35.6 Å². The number of amides is 1. The van der Waals surface area contributed by atoms with Crippen LogP contribution in [0.2, 0.25) is 0 Å².